The quantitative estimate of drug-likeness (QED) is 0.928. The van der Waals surface area contributed by atoms with E-state index in [0.29, 0.717) is 18.1 Å². The van der Waals surface area contributed by atoms with E-state index in [1.165, 1.54) is 18.2 Å². The molecule has 104 valence electrons. The van der Waals surface area contributed by atoms with Crippen LogP contribution in [0, 0.1) is 12.7 Å². The Morgan fingerprint density at radius 3 is 2.40 bits per heavy atom. The van der Waals surface area contributed by atoms with Crippen molar-refractivity contribution in [2.24, 2.45) is 0 Å². The summed E-state index contributed by atoms with van der Waals surface area (Å²) in [6.07, 6.45) is 0. The molecule has 0 saturated heterocycles. The lowest BCUT2D eigenvalue weighted by Gasteiger charge is -2.22. The van der Waals surface area contributed by atoms with Gasteiger partial charge in [0.25, 0.3) is 0 Å². The van der Waals surface area contributed by atoms with Crippen LogP contribution < -0.4 is 4.90 Å². The summed E-state index contributed by atoms with van der Waals surface area (Å²) < 4.78 is 13.0. The van der Waals surface area contributed by atoms with E-state index in [4.69, 9.17) is 5.11 Å². The Morgan fingerprint density at radius 1 is 1.25 bits per heavy atom. The maximum atomic E-state index is 13.0. The molecule has 0 atom stereocenters. The van der Waals surface area contributed by atoms with Crippen molar-refractivity contribution in [3.05, 3.63) is 53.5 Å². The number of aryl methyl sites for hydroxylation is 1. The van der Waals surface area contributed by atoms with Gasteiger partial charge in [0.2, 0.25) is 0 Å². The fourth-order valence-corrected chi connectivity index (χ4v) is 2.02. The van der Waals surface area contributed by atoms with Gasteiger partial charge in [-0.05, 0) is 50.2 Å². The summed E-state index contributed by atoms with van der Waals surface area (Å²) in [6.45, 7) is 4.25. The monoisotopic (exact) mass is 274 g/mol. The molecule has 2 rings (SSSR count). The molecule has 0 unspecified atom stereocenters. The van der Waals surface area contributed by atoms with Gasteiger partial charge in [0.15, 0.2) is 0 Å². The minimum atomic E-state index is -0.994. The van der Waals surface area contributed by atoms with Gasteiger partial charge >= 0.3 is 5.97 Å². The molecule has 5 heteroatoms. The van der Waals surface area contributed by atoms with E-state index in [1.807, 2.05) is 11.8 Å². The Hall–Kier alpha value is -2.43. The fourth-order valence-electron chi connectivity index (χ4n) is 2.02. The summed E-state index contributed by atoms with van der Waals surface area (Å²) in [5.74, 6) is -0.650. The van der Waals surface area contributed by atoms with Crippen LogP contribution in [0.4, 0.5) is 15.9 Å². The number of hydrogen-bond donors (Lipinski definition) is 1. The minimum Gasteiger partial charge on any atom is -0.478 e. The number of aromatic carboxylic acids is 1. The molecule has 0 radical (unpaired) electrons. The zero-order valence-corrected chi connectivity index (χ0v) is 11.3. The van der Waals surface area contributed by atoms with Gasteiger partial charge < -0.3 is 10.0 Å². The second-order valence-electron chi connectivity index (χ2n) is 4.33. The third-order valence-corrected chi connectivity index (χ3v) is 3.03. The number of halogens is 1. The lowest BCUT2D eigenvalue weighted by Crippen LogP contribution is -2.18. The third kappa shape index (κ3) is 2.77. The topological polar surface area (TPSA) is 53.4 Å². The van der Waals surface area contributed by atoms with E-state index in [0.717, 1.165) is 5.69 Å². The van der Waals surface area contributed by atoms with Gasteiger partial charge in [0.1, 0.15) is 11.6 Å². The molecule has 0 fully saturated rings. The van der Waals surface area contributed by atoms with Crippen LogP contribution in [0.5, 0.6) is 0 Å². The molecule has 0 amide bonds. The van der Waals surface area contributed by atoms with E-state index < -0.39 is 5.97 Å². The van der Waals surface area contributed by atoms with Crippen LogP contribution in [-0.2, 0) is 0 Å². The SMILES string of the molecule is CCN(c1ccc(F)cc1)c1ccc(C(=O)O)c(C)n1. The number of aromatic nitrogens is 1. The fraction of sp³-hybridized carbons (Fsp3) is 0.200. The van der Waals surface area contributed by atoms with Gasteiger partial charge in [-0.15, -0.1) is 0 Å². The number of nitrogens with zero attached hydrogens (tertiary/aromatic N) is 2. The van der Waals surface area contributed by atoms with Crippen LogP contribution in [0.15, 0.2) is 36.4 Å². The molecule has 1 aromatic heterocycles. The highest BCUT2D eigenvalue weighted by Crippen LogP contribution is 2.24. The van der Waals surface area contributed by atoms with Gasteiger partial charge in [-0.1, -0.05) is 0 Å². The van der Waals surface area contributed by atoms with Crippen LogP contribution >= 0.6 is 0 Å². The molecule has 0 aliphatic rings. The first-order chi connectivity index (χ1) is 9.52. The number of benzene rings is 1. The van der Waals surface area contributed by atoms with Crippen LogP contribution in [0.25, 0.3) is 0 Å². The minimum absolute atomic E-state index is 0.184. The van der Waals surface area contributed by atoms with E-state index in [1.54, 1.807) is 25.1 Å². The summed E-state index contributed by atoms with van der Waals surface area (Å²) in [6, 6.07) is 9.30. The van der Waals surface area contributed by atoms with E-state index in [-0.39, 0.29) is 11.4 Å². The Kier molecular flexibility index (Phi) is 3.98. The Labute approximate surface area is 116 Å². The van der Waals surface area contributed by atoms with Gasteiger partial charge in [0, 0.05) is 12.2 Å². The molecule has 20 heavy (non-hydrogen) atoms. The number of rotatable bonds is 4. The highest BCUT2D eigenvalue weighted by Gasteiger charge is 2.13. The Morgan fingerprint density at radius 2 is 1.90 bits per heavy atom. The van der Waals surface area contributed by atoms with Crippen molar-refractivity contribution in [2.75, 3.05) is 11.4 Å². The summed E-state index contributed by atoms with van der Waals surface area (Å²) in [5.41, 5.74) is 1.45. The number of hydrogen-bond acceptors (Lipinski definition) is 3. The second kappa shape index (κ2) is 5.69. The second-order valence-corrected chi connectivity index (χ2v) is 4.33. The van der Waals surface area contributed by atoms with Crippen LogP contribution in [-0.4, -0.2) is 22.6 Å². The molecule has 1 aromatic carbocycles. The molecule has 0 saturated carbocycles. The van der Waals surface area contributed by atoms with Crippen molar-refractivity contribution < 1.29 is 14.3 Å². The Bertz CT molecular complexity index is 626. The van der Waals surface area contributed by atoms with Gasteiger partial charge in [-0.25, -0.2) is 14.2 Å². The lowest BCUT2D eigenvalue weighted by atomic mass is 10.2. The van der Waals surface area contributed by atoms with Crippen LogP contribution in [0.3, 0.4) is 0 Å². The van der Waals surface area contributed by atoms with Crippen LogP contribution in [0.1, 0.15) is 23.0 Å². The van der Waals surface area contributed by atoms with Gasteiger partial charge in [-0.3, -0.25) is 0 Å². The summed E-state index contributed by atoms with van der Waals surface area (Å²) >= 11 is 0. The van der Waals surface area contributed by atoms with Crippen molar-refractivity contribution in [3.63, 3.8) is 0 Å². The standard InChI is InChI=1S/C15H15FN2O2/c1-3-18(12-6-4-11(16)5-7-12)14-9-8-13(15(19)20)10(2)17-14/h4-9H,3H2,1-2H3,(H,19,20). The van der Waals surface area contributed by atoms with Crippen molar-refractivity contribution in [3.8, 4) is 0 Å². The highest BCUT2D eigenvalue weighted by molar-refractivity contribution is 5.89. The predicted octanol–water partition coefficient (Wildman–Crippen LogP) is 3.39. The van der Waals surface area contributed by atoms with Crippen molar-refractivity contribution >= 4 is 17.5 Å². The van der Waals surface area contributed by atoms with E-state index in [2.05, 4.69) is 4.98 Å². The van der Waals surface area contributed by atoms with Gasteiger partial charge in [-0.2, -0.15) is 0 Å². The smallest absolute Gasteiger partial charge is 0.337 e. The Balaban J connectivity index is 2.39. The molecule has 0 spiro atoms. The highest BCUT2D eigenvalue weighted by atomic mass is 19.1. The molecule has 1 N–H and O–H groups in total. The summed E-state index contributed by atoms with van der Waals surface area (Å²) in [7, 11) is 0. The molecule has 0 aliphatic carbocycles. The average Bonchev–Trinajstić information content (AvgIpc) is 2.41. The first kappa shape index (κ1) is 14.0. The molecule has 0 bridgehead atoms. The summed E-state index contributed by atoms with van der Waals surface area (Å²) in [4.78, 5) is 17.2. The first-order valence-corrected chi connectivity index (χ1v) is 6.27. The van der Waals surface area contributed by atoms with Crippen molar-refractivity contribution in [1.82, 2.24) is 4.98 Å². The third-order valence-electron chi connectivity index (χ3n) is 3.03. The normalized spacial score (nSPS) is 10.3. The maximum Gasteiger partial charge on any atom is 0.337 e. The number of carbonyl (C=O) groups is 1. The number of carboxylic acid groups (broad SMARTS) is 1. The molecule has 0 aliphatic heterocycles. The number of carboxylic acids is 1. The van der Waals surface area contributed by atoms with Crippen molar-refractivity contribution in [1.29, 1.82) is 0 Å². The first-order valence-electron chi connectivity index (χ1n) is 6.27. The zero-order valence-electron chi connectivity index (χ0n) is 11.3. The molecule has 1 heterocycles. The maximum absolute atomic E-state index is 13.0. The predicted molar refractivity (Wildman–Crippen MR) is 75.0 cm³/mol. The molecular weight excluding hydrogens is 259 g/mol. The molecule has 4 nitrogen and oxygen atoms in total. The van der Waals surface area contributed by atoms with E-state index >= 15 is 0 Å². The molecule has 2 aromatic rings. The van der Waals surface area contributed by atoms with Crippen molar-refractivity contribution in [2.45, 2.75) is 13.8 Å². The average molecular weight is 274 g/mol. The van der Waals surface area contributed by atoms with Crippen LogP contribution in [0.2, 0.25) is 0 Å². The lowest BCUT2D eigenvalue weighted by molar-refractivity contribution is 0.0695. The largest absolute Gasteiger partial charge is 0.478 e. The zero-order chi connectivity index (χ0) is 14.7. The number of anilines is 2. The summed E-state index contributed by atoms with van der Waals surface area (Å²) in [5, 5.41) is 9.00. The van der Waals surface area contributed by atoms with Gasteiger partial charge in [0.05, 0.1) is 11.3 Å². The van der Waals surface area contributed by atoms with E-state index in [9.17, 15) is 9.18 Å². The molecular formula is C15H15FN2O2. The number of pyridine rings is 1.